The summed E-state index contributed by atoms with van der Waals surface area (Å²) in [5.41, 5.74) is 2.90. The highest BCUT2D eigenvalue weighted by molar-refractivity contribution is 6.30. The Kier molecular flexibility index (Phi) is 6.33. The van der Waals surface area contributed by atoms with Crippen LogP contribution in [-0.4, -0.2) is 42.0 Å². The van der Waals surface area contributed by atoms with Crippen molar-refractivity contribution in [1.82, 2.24) is 9.38 Å². The number of esters is 1. The van der Waals surface area contributed by atoms with Crippen LogP contribution in [0.25, 0.3) is 16.8 Å². The van der Waals surface area contributed by atoms with Gasteiger partial charge in [-0.25, -0.2) is 9.78 Å². The fourth-order valence-electron chi connectivity index (χ4n) is 3.55. The van der Waals surface area contributed by atoms with Gasteiger partial charge in [-0.1, -0.05) is 23.7 Å². The highest BCUT2D eigenvalue weighted by atomic mass is 35.5. The second-order valence-corrected chi connectivity index (χ2v) is 7.54. The minimum atomic E-state index is -0.519. The van der Waals surface area contributed by atoms with Crippen molar-refractivity contribution >= 4 is 28.9 Å². The Balaban J connectivity index is 1.85. The van der Waals surface area contributed by atoms with Gasteiger partial charge in [-0.2, -0.15) is 0 Å². The van der Waals surface area contributed by atoms with Crippen LogP contribution in [0.2, 0.25) is 5.02 Å². The van der Waals surface area contributed by atoms with Gasteiger partial charge < -0.3 is 14.2 Å². The normalized spacial score (nSPS) is 10.8. The molecule has 0 fully saturated rings. The largest absolute Gasteiger partial charge is 0.493 e. The van der Waals surface area contributed by atoms with E-state index in [2.05, 4.69) is 4.98 Å². The number of carbonyl (C=O) groups is 2. The highest BCUT2D eigenvalue weighted by Crippen LogP contribution is 2.30. The van der Waals surface area contributed by atoms with Crippen LogP contribution < -0.4 is 9.47 Å². The molecule has 168 valence electrons. The SMILES string of the molecule is CCOC(=O)c1cc(C(=O)c2ccc(OC)c(OC)c2)n2cnc(-c3ccc(Cl)cc3)cc12. The number of rotatable bonds is 7. The van der Waals surface area contributed by atoms with Gasteiger partial charge in [0, 0.05) is 16.1 Å². The Bertz CT molecular complexity index is 1350. The van der Waals surface area contributed by atoms with Gasteiger partial charge >= 0.3 is 5.97 Å². The van der Waals surface area contributed by atoms with E-state index in [0.29, 0.717) is 33.3 Å². The molecule has 0 aliphatic rings. The molecule has 7 nitrogen and oxygen atoms in total. The molecule has 0 N–H and O–H groups in total. The van der Waals surface area contributed by atoms with Crippen LogP contribution >= 0.6 is 11.6 Å². The monoisotopic (exact) mass is 464 g/mol. The quantitative estimate of drug-likeness (QED) is 0.280. The van der Waals surface area contributed by atoms with Crippen molar-refractivity contribution < 1.29 is 23.8 Å². The Labute approximate surface area is 195 Å². The van der Waals surface area contributed by atoms with Crippen LogP contribution in [0.3, 0.4) is 0 Å². The van der Waals surface area contributed by atoms with E-state index in [4.69, 9.17) is 25.8 Å². The first-order valence-corrected chi connectivity index (χ1v) is 10.6. The molecule has 0 amide bonds. The maximum atomic E-state index is 13.4. The lowest BCUT2D eigenvalue weighted by Crippen LogP contribution is -2.06. The zero-order valence-corrected chi connectivity index (χ0v) is 19.1. The van der Waals surface area contributed by atoms with Crippen LogP contribution in [0.15, 0.2) is 60.9 Å². The third-order valence-corrected chi connectivity index (χ3v) is 5.43. The fraction of sp³-hybridized carbons (Fsp3) is 0.160. The minimum Gasteiger partial charge on any atom is -0.493 e. The van der Waals surface area contributed by atoms with Crippen molar-refractivity contribution in [2.45, 2.75) is 6.92 Å². The van der Waals surface area contributed by atoms with E-state index in [-0.39, 0.29) is 23.6 Å². The number of halogens is 1. The van der Waals surface area contributed by atoms with Gasteiger partial charge in [-0.15, -0.1) is 0 Å². The number of methoxy groups -OCH3 is 2. The van der Waals surface area contributed by atoms with Gasteiger partial charge in [-0.05, 0) is 49.4 Å². The number of nitrogens with zero attached hydrogens (tertiary/aromatic N) is 2. The van der Waals surface area contributed by atoms with Crippen molar-refractivity contribution in [1.29, 1.82) is 0 Å². The Morgan fingerprint density at radius 2 is 1.70 bits per heavy atom. The van der Waals surface area contributed by atoms with Gasteiger partial charge in [0.1, 0.15) is 6.33 Å². The first-order chi connectivity index (χ1) is 16.0. The van der Waals surface area contributed by atoms with E-state index in [1.54, 1.807) is 47.7 Å². The smallest absolute Gasteiger partial charge is 0.340 e. The molecule has 0 aliphatic heterocycles. The topological polar surface area (TPSA) is 79.1 Å². The number of ketones is 1. The molecule has 4 aromatic rings. The lowest BCUT2D eigenvalue weighted by Gasteiger charge is -2.09. The molecular weight excluding hydrogens is 444 g/mol. The number of carbonyl (C=O) groups excluding carboxylic acids is 2. The molecule has 2 aromatic heterocycles. The average molecular weight is 465 g/mol. The van der Waals surface area contributed by atoms with Gasteiger partial charge in [0.15, 0.2) is 11.5 Å². The van der Waals surface area contributed by atoms with Crippen LogP contribution in [0.1, 0.15) is 33.3 Å². The van der Waals surface area contributed by atoms with Crippen molar-refractivity contribution in [3.05, 3.63) is 82.8 Å². The standard InChI is InChI=1S/C25H21ClN2O5/c1-4-33-25(30)18-12-21(24(29)16-7-10-22(31-2)23(11-16)32-3)28-14-27-19(13-20(18)28)15-5-8-17(26)9-6-15/h5-14H,4H2,1-3H3. The highest BCUT2D eigenvalue weighted by Gasteiger charge is 2.23. The Morgan fingerprint density at radius 3 is 2.36 bits per heavy atom. The van der Waals surface area contributed by atoms with Crippen molar-refractivity contribution in [2.24, 2.45) is 0 Å². The lowest BCUT2D eigenvalue weighted by atomic mass is 10.1. The molecule has 0 bridgehead atoms. The van der Waals surface area contributed by atoms with Crippen molar-refractivity contribution in [2.75, 3.05) is 20.8 Å². The lowest BCUT2D eigenvalue weighted by molar-refractivity contribution is 0.0529. The number of ether oxygens (including phenoxy) is 3. The number of benzene rings is 2. The van der Waals surface area contributed by atoms with E-state index < -0.39 is 5.97 Å². The molecule has 0 unspecified atom stereocenters. The maximum Gasteiger partial charge on any atom is 0.340 e. The molecular formula is C25H21ClN2O5. The van der Waals surface area contributed by atoms with Gasteiger partial charge in [0.25, 0.3) is 0 Å². The molecule has 2 heterocycles. The molecule has 0 spiro atoms. The predicted octanol–water partition coefficient (Wildman–Crippen LogP) is 5.08. The zero-order valence-electron chi connectivity index (χ0n) is 18.3. The Morgan fingerprint density at radius 1 is 0.970 bits per heavy atom. The molecule has 2 aromatic carbocycles. The number of hydrogen-bond acceptors (Lipinski definition) is 6. The summed E-state index contributed by atoms with van der Waals surface area (Å²) in [6.07, 6.45) is 1.52. The fourth-order valence-corrected chi connectivity index (χ4v) is 3.68. The summed E-state index contributed by atoms with van der Waals surface area (Å²) in [5.74, 6) is 0.116. The predicted molar refractivity (Wildman–Crippen MR) is 125 cm³/mol. The number of fused-ring (bicyclic) bond motifs is 1. The molecule has 33 heavy (non-hydrogen) atoms. The molecule has 8 heteroatoms. The van der Waals surface area contributed by atoms with Gasteiger partial charge in [0.2, 0.25) is 5.78 Å². The summed E-state index contributed by atoms with van der Waals surface area (Å²) >= 11 is 5.99. The summed E-state index contributed by atoms with van der Waals surface area (Å²) in [7, 11) is 3.02. The number of aromatic nitrogens is 2. The van der Waals surface area contributed by atoms with Crippen LogP contribution in [0, 0.1) is 0 Å². The van der Waals surface area contributed by atoms with Crippen molar-refractivity contribution in [3.8, 4) is 22.8 Å². The molecule has 0 aliphatic carbocycles. The summed E-state index contributed by atoms with van der Waals surface area (Å²) in [6.45, 7) is 1.94. The number of hydrogen-bond donors (Lipinski definition) is 0. The first kappa shape index (κ1) is 22.4. The summed E-state index contributed by atoms with van der Waals surface area (Å²) < 4.78 is 17.4. The van der Waals surface area contributed by atoms with E-state index in [0.717, 1.165) is 5.56 Å². The second kappa shape index (κ2) is 9.34. The van der Waals surface area contributed by atoms with E-state index >= 15 is 0 Å². The average Bonchev–Trinajstić information content (AvgIpc) is 3.22. The zero-order chi connectivity index (χ0) is 23.5. The maximum absolute atomic E-state index is 13.4. The van der Waals surface area contributed by atoms with Gasteiger partial charge in [-0.3, -0.25) is 9.20 Å². The molecule has 4 rings (SSSR count). The third kappa shape index (κ3) is 4.27. The molecule has 0 saturated carbocycles. The summed E-state index contributed by atoms with van der Waals surface area (Å²) in [5, 5.41) is 0.609. The minimum absolute atomic E-state index is 0.213. The molecule has 0 atom stereocenters. The van der Waals surface area contributed by atoms with Gasteiger partial charge in [0.05, 0.1) is 43.3 Å². The van der Waals surface area contributed by atoms with Crippen LogP contribution in [0.4, 0.5) is 0 Å². The van der Waals surface area contributed by atoms with Crippen LogP contribution in [0.5, 0.6) is 11.5 Å². The first-order valence-electron chi connectivity index (χ1n) is 10.2. The molecule has 0 saturated heterocycles. The second-order valence-electron chi connectivity index (χ2n) is 7.10. The molecule has 0 radical (unpaired) electrons. The Hall–Kier alpha value is -3.84. The third-order valence-electron chi connectivity index (χ3n) is 5.18. The van der Waals surface area contributed by atoms with E-state index in [1.807, 2.05) is 12.1 Å². The van der Waals surface area contributed by atoms with Crippen LogP contribution in [-0.2, 0) is 4.74 Å². The van der Waals surface area contributed by atoms with E-state index in [9.17, 15) is 9.59 Å². The summed E-state index contributed by atoms with van der Waals surface area (Å²) in [6, 6.07) is 15.4. The van der Waals surface area contributed by atoms with E-state index in [1.165, 1.54) is 26.6 Å². The van der Waals surface area contributed by atoms with Crippen molar-refractivity contribution in [3.63, 3.8) is 0 Å². The summed E-state index contributed by atoms with van der Waals surface area (Å²) in [4.78, 5) is 30.6.